The highest BCUT2D eigenvalue weighted by Crippen LogP contribution is 2.25. The van der Waals surface area contributed by atoms with Gasteiger partial charge in [0.05, 0.1) is 10.3 Å². The van der Waals surface area contributed by atoms with Gasteiger partial charge in [-0.1, -0.05) is 29.4 Å². The summed E-state index contributed by atoms with van der Waals surface area (Å²) in [6.45, 7) is 3.64. The van der Waals surface area contributed by atoms with Crippen LogP contribution in [0.4, 0.5) is 5.69 Å². The molecule has 140 valence electrons. The molecule has 1 amide bonds. The molecule has 1 N–H and O–H groups in total. The van der Waals surface area contributed by atoms with Crippen molar-refractivity contribution in [1.29, 1.82) is 0 Å². The Kier molecular flexibility index (Phi) is 6.68. The van der Waals surface area contributed by atoms with E-state index in [4.69, 9.17) is 11.6 Å². The number of sulfonamides is 1. The van der Waals surface area contributed by atoms with Crippen molar-refractivity contribution >= 4 is 45.0 Å². The van der Waals surface area contributed by atoms with Crippen LogP contribution in [0.2, 0.25) is 5.02 Å². The monoisotopic (exact) mass is 413 g/mol. The molecule has 0 fully saturated rings. The average Bonchev–Trinajstić information content (AvgIpc) is 2.58. The Labute approximate surface area is 163 Å². The average molecular weight is 414 g/mol. The van der Waals surface area contributed by atoms with E-state index in [1.165, 1.54) is 38.1 Å². The summed E-state index contributed by atoms with van der Waals surface area (Å²) in [7, 11) is -0.597. The lowest BCUT2D eigenvalue weighted by atomic mass is 10.2. The summed E-state index contributed by atoms with van der Waals surface area (Å²) in [5.41, 5.74) is 1.58. The van der Waals surface area contributed by atoms with E-state index in [-0.39, 0.29) is 10.8 Å². The van der Waals surface area contributed by atoms with Crippen LogP contribution in [0.1, 0.15) is 12.5 Å². The van der Waals surface area contributed by atoms with E-state index < -0.39 is 15.3 Å². The number of hydrogen-bond donors (Lipinski definition) is 1. The van der Waals surface area contributed by atoms with Crippen molar-refractivity contribution in [3.8, 4) is 0 Å². The first-order valence-electron chi connectivity index (χ1n) is 7.73. The van der Waals surface area contributed by atoms with Gasteiger partial charge in [-0.2, -0.15) is 0 Å². The first kappa shape index (κ1) is 20.7. The van der Waals surface area contributed by atoms with Crippen LogP contribution in [-0.2, 0) is 14.8 Å². The summed E-state index contributed by atoms with van der Waals surface area (Å²) in [4.78, 5) is 16.6. The number of thioether (sulfide) groups is 1. The molecule has 0 aliphatic heterocycles. The summed E-state index contributed by atoms with van der Waals surface area (Å²) in [6, 6.07) is 8.37. The van der Waals surface area contributed by atoms with Gasteiger partial charge in [-0.05, 0) is 43.7 Å². The quantitative estimate of drug-likeness (QED) is 0.734. The van der Waals surface area contributed by atoms with E-state index >= 15 is 0 Å². The van der Waals surface area contributed by atoms with E-state index in [2.05, 4.69) is 10.3 Å². The number of pyridine rings is 1. The van der Waals surface area contributed by atoms with Gasteiger partial charge >= 0.3 is 0 Å². The third-order valence-electron chi connectivity index (χ3n) is 3.61. The topological polar surface area (TPSA) is 79.4 Å². The van der Waals surface area contributed by atoms with Gasteiger partial charge in [-0.25, -0.2) is 17.7 Å². The molecule has 0 bridgehead atoms. The van der Waals surface area contributed by atoms with Crippen molar-refractivity contribution in [3.63, 3.8) is 0 Å². The van der Waals surface area contributed by atoms with E-state index in [0.29, 0.717) is 15.7 Å². The molecule has 0 aliphatic carbocycles. The zero-order chi connectivity index (χ0) is 19.5. The Hall–Kier alpha value is -1.61. The van der Waals surface area contributed by atoms with Crippen molar-refractivity contribution in [2.24, 2.45) is 0 Å². The molecule has 0 spiro atoms. The van der Waals surface area contributed by atoms with Gasteiger partial charge in [0.15, 0.2) is 0 Å². The number of nitrogens with zero attached hydrogens (tertiary/aromatic N) is 2. The second-order valence-corrected chi connectivity index (χ2v) is 9.78. The predicted octanol–water partition coefficient (Wildman–Crippen LogP) is 3.41. The van der Waals surface area contributed by atoms with Crippen molar-refractivity contribution in [2.75, 3.05) is 19.4 Å². The molecule has 26 heavy (non-hydrogen) atoms. The maximum Gasteiger partial charge on any atom is 0.244 e. The highest BCUT2D eigenvalue weighted by atomic mass is 35.5. The lowest BCUT2D eigenvalue weighted by Crippen LogP contribution is -2.23. The van der Waals surface area contributed by atoms with Crippen LogP contribution in [-0.4, -0.2) is 43.0 Å². The molecule has 1 aromatic heterocycles. The van der Waals surface area contributed by atoms with Crippen LogP contribution >= 0.6 is 23.4 Å². The number of carbonyl (C=O) groups is 1. The fourth-order valence-corrected chi connectivity index (χ4v) is 3.81. The van der Waals surface area contributed by atoms with Gasteiger partial charge in [0.2, 0.25) is 15.9 Å². The minimum Gasteiger partial charge on any atom is -0.325 e. The SMILES string of the molecule is Cc1ccc(Cl)cc1NC(=O)[C@@H](C)Sc1ccc(S(=O)(=O)N(C)C)cn1. The molecule has 0 saturated heterocycles. The smallest absolute Gasteiger partial charge is 0.244 e. The highest BCUT2D eigenvalue weighted by Gasteiger charge is 2.19. The summed E-state index contributed by atoms with van der Waals surface area (Å²) >= 11 is 7.21. The maximum atomic E-state index is 12.4. The van der Waals surface area contributed by atoms with Gasteiger partial charge in [0.1, 0.15) is 4.90 Å². The molecule has 0 unspecified atom stereocenters. The molecule has 2 rings (SSSR count). The Morgan fingerprint density at radius 1 is 1.27 bits per heavy atom. The molecule has 0 aliphatic rings. The number of anilines is 1. The van der Waals surface area contributed by atoms with Crippen molar-refractivity contribution in [2.45, 2.75) is 29.0 Å². The zero-order valence-corrected chi connectivity index (χ0v) is 17.2. The highest BCUT2D eigenvalue weighted by molar-refractivity contribution is 8.00. The van der Waals surface area contributed by atoms with Crippen LogP contribution in [0, 0.1) is 6.92 Å². The number of aryl methyl sites for hydroxylation is 1. The van der Waals surface area contributed by atoms with Gasteiger partial charge in [-0.15, -0.1) is 0 Å². The third kappa shape index (κ3) is 4.97. The summed E-state index contributed by atoms with van der Waals surface area (Å²) in [5.74, 6) is -0.188. The lowest BCUT2D eigenvalue weighted by molar-refractivity contribution is -0.115. The second-order valence-electron chi connectivity index (χ2n) is 5.83. The Morgan fingerprint density at radius 3 is 2.54 bits per heavy atom. The van der Waals surface area contributed by atoms with Crippen molar-refractivity contribution in [1.82, 2.24) is 9.29 Å². The van der Waals surface area contributed by atoms with E-state index in [0.717, 1.165) is 9.87 Å². The number of halogens is 1. The molecule has 1 heterocycles. The molecule has 1 aromatic carbocycles. The zero-order valence-electron chi connectivity index (χ0n) is 14.9. The number of amides is 1. The van der Waals surface area contributed by atoms with Crippen molar-refractivity contribution in [3.05, 3.63) is 47.1 Å². The first-order valence-corrected chi connectivity index (χ1v) is 10.4. The van der Waals surface area contributed by atoms with Gasteiger partial charge < -0.3 is 5.32 Å². The number of benzene rings is 1. The maximum absolute atomic E-state index is 12.4. The molecule has 9 heteroatoms. The largest absolute Gasteiger partial charge is 0.325 e. The van der Waals surface area contributed by atoms with Crippen LogP contribution in [0.5, 0.6) is 0 Å². The third-order valence-corrected chi connectivity index (χ3v) is 6.70. The minimum atomic E-state index is -3.52. The number of hydrogen-bond acceptors (Lipinski definition) is 5. The number of aromatic nitrogens is 1. The molecule has 6 nitrogen and oxygen atoms in total. The standard InChI is InChI=1S/C17H20ClN3O3S2/c1-11-5-6-13(18)9-15(11)20-17(22)12(2)25-16-8-7-14(10-19-16)26(23,24)21(3)4/h5-10,12H,1-4H3,(H,20,22)/t12-/m1/s1. The summed E-state index contributed by atoms with van der Waals surface area (Å²) in [6.07, 6.45) is 1.30. The molecule has 0 radical (unpaired) electrons. The minimum absolute atomic E-state index is 0.110. The summed E-state index contributed by atoms with van der Waals surface area (Å²) in [5, 5.41) is 3.54. The van der Waals surface area contributed by atoms with Crippen molar-refractivity contribution < 1.29 is 13.2 Å². The Bertz CT molecular complexity index is 900. The molecular formula is C17H20ClN3O3S2. The molecule has 2 aromatic rings. The fraction of sp³-hybridized carbons (Fsp3) is 0.294. The van der Waals surface area contributed by atoms with Gasteiger partial charge in [-0.3, -0.25) is 4.79 Å². The van der Waals surface area contributed by atoms with Gasteiger partial charge in [0, 0.05) is 31.0 Å². The van der Waals surface area contributed by atoms with Crippen LogP contribution in [0.25, 0.3) is 0 Å². The molecule has 1 atom stereocenters. The number of nitrogens with one attached hydrogen (secondary N) is 1. The molecular weight excluding hydrogens is 394 g/mol. The fourth-order valence-electron chi connectivity index (χ4n) is 2.00. The Balaban J connectivity index is 2.06. The lowest BCUT2D eigenvalue weighted by Gasteiger charge is -2.14. The normalized spacial score (nSPS) is 12.8. The summed E-state index contributed by atoms with van der Waals surface area (Å²) < 4.78 is 25.2. The van der Waals surface area contributed by atoms with E-state index in [1.807, 2.05) is 13.0 Å². The van der Waals surface area contributed by atoms with E-state index in [1.54, 1.807) is 25.1 Å². The number of rotatable bonds is 6. The van der Waals surface area contributed by atoms with Crippen LogP contribution in [0.15, 0.2) is 46.5 Å². The van der Waals surface area contributed by atoms with Crippen LogP contribution in [0.3, 0.4) is 0 Å². The predicted molar refractivity (Wildman–Crippen MR) is 105 cm³/mol. The first-order chi connectivity index (χ1) is 12.1. The molecule has 0 saturated carbocycles. The Morgan fingerprint density at radius 2 is 1.96 bits per heavy atom. The second kappa shape index (κ2) is 8.39. The number of carbonyl (C=O) groups excluding carboxylic acids is 1. The van der Waals surface area contributed by atoms with E-state index in [9.17, 15) is 13.2 Å². The van der Waals surface area contributed by atoms with Crippen LogP contribution < -0.4 is 5.32 Å². The van der Waals surface area contributed by atoms with Gasteiger partial charge in [0.25, 0.3) is 0 Å².